The van der Waals surface area contributed by atoms with Gasteiger partial charge >= 0.3 is 24.2 Å². The minimum Gasteiger partial charge on any atom is -0.205 e. The van der Waals surface area contributed by atoms with Crippen LogP contribution >= 0.6 is 0 Å². The van der Waals surface area contributed by atoms with Crippen molar-refractivity contribution < 1.29 is 48.3 Å². The molecule has 0 unspecified atom stereocenters. The molecule has 102 valence electrons. The van der Waals surface area contributed by atoms with Crippen molar-refractivity contribution in [2.75, 3.05) is 0 Å². The Morgan fingerprint density at radius 1 is 0.706 bits per heavy atom. The number of alkyl halides is 10. The average Bonchev–Trinajstić information content (AvgIpc) is 1.97. The van der Waals surface area contributed by atoms with Gasteiger partial charge in [-0.15, -0.1) is 0 Å². The van der Waals surface area contributed by atoms with Crippen molar-refractivity contribution in [1.82, 2.24) is 0 Å². The molecule has 0 fully saturated rings. The Balaban J connectivity index is 5.51. The van der Waals surface area contributed by atoms with Crippen molar-refractivity contribution in [3.63, 3.8) is 0 Å². The zero-order valence-electron chi connectivity index (χ0n) is 7.23. The van der Waals surface area contributed by atoms with Crippen LogP contribution in [0.5, 0.6) is 0 Å². The van der Waals surface area contributed by atoms with Gasteiger partial charge in [0.05, 0.1) is 6.08 Å². The Labute approximate surface area is 85.7 Å². The van der Waals surface area contributed by atoms with Crippen LogP contribution in [0.1, 0.15) is 0 Å². The summed E-state index contributed by atoms with van der Waals surface area (Å²) in [6.45, 7) is 0. The first-order valence-corrected chi connectivity index (χ1v) is 3.41. The van der Waals surface area contributed by atoms with Gasteiger partial charge in [-0.25, -0.2) is 4.39 Å². The third-order valence-electron chi connectivity index (χ3n) is 1.34. The topological polar surface area (TPSA) is 0 Å². The molecule has 0 rings (SSSR count). The molecule has 0 spiro atoms. The van der Waals surface area contributed by atoms with E-state index in [9.17, 15) is 48.3 Å². The van der Waals surface area contributed by atoms with Gasteiger partial charge in [-0.2, -0.15) is 43.9 Å². The van der Waals surface area contributed by atoms with Crippen LogP contribution in [0.15, 0.2) is 11.9 Å². The Morgan fingerprint density at radius 2 is 1.06 bits per heavy atom. The van der Waals surface area contributed by atoms with Crippen molar-refractivity contribution in [2.45, 2.75) is 24.2 Å². The predicted octanol–water partition coefficient (Wildman–Crippen LogP) is 4.24. The summed E-state index contributed by atoms with van der Waals surface area (Å²) >= 11 is 0. The molecular weight excluding hydrogens is 281 g/mol. The first-order valence-electron chi connectivity index (χ1n) is 3.41. The van der Waals surface area contributed by atoms with E-state index in [-0.39, 0.29) is 0 Å². The zero-order chi connectivity index (χ0) is 14.3. The lowest BCUT2D eigenvalue weighted by Crippen LogP contribution is -2.52. The summed E-state index contributed by atoms with van der Waals surface area (Å²) in [6, 6.07) is 0. The second-order valence-corrected chi connectivity index (χ2v) is 2.68. The van der Waals surface area contributed by atoms with E-state index in [1.165, 1.54) is 0 Å². The molecule has 0 aromatic carbocycles. The molecule has 0 aliphatic rings. The van der Waals surface area contributed by atoms with Gasteiger partial charge < -0.3 is 0 Å². The molecule has 0 aliphatic carbocycles. The minimum absolute atomic E-state index is 1.97. The molecule has 0 bridgehead atoms. The SMILES string of the molecule is FC(=CC(F)(F)F)C(F)(F)C(F)(F)C(F)(F)F. The molecule has 17 heavy (non-hydrogen) atoms. The summed E-state index contributed by atoms with van der Waals surface area (Å²) in [6.07, 6.45) is -14.7. The fourth-order valence-corrected chi connectivity index (χ4v) is 0.562. The summed E-state index contributed by atoms with van der Waals surface area (Å²) < 4.78 is 129. The lowest BCUT2D eigenvalue weighted by molar-refractivity contribution is -0.348. The third kappa shape index (κ3) is 3.22. The first-order chi connectivity index (χ1) is 7.13. The van der Waals surface area contributed by atoms with Crippen LogP contribution in [-0.2, 0) is 0 Å². The van der Waals surface area contributed by atoms with Crippen LogP contribution < -0.4 is 0 Å². The van der Waals surface area contributed by atoms with Crippen molar-refractivity contribution in [1.29, 1.82) is 0 Å². The van der Waals surface area contributed by atoms with Crippen LogP contribution in [0, 0.1) is 0 Å². The fourth-order valence-electron chi connectivity index (χ4n) is 0.562. The van der Waals surface area contributed by atoms with Crippen molar-refractivity contribution in [3.8, 4) is 0 Å². The van der Waals surface area contributed by atoms with E-state index >= 15 is 0 Å². The molecule has 0 radical (unpaired) electrons. The van der Waals surface area contributed by atoms with Crippen LogP contribution in [0.25, 0.3) is 0 Å². The van der Waals surface area contributed by atoms with Crippen molar-refractivity contribution >= 4 is 0 Å². The minimum atomic E-state index is -6.95. The Bertz CT molecular complexity index is 303. The summed E-state index contributed by atoms with van der Waals surface area (Å²) in [7, 11) is 0. The van der Waals surface area contributed by atoms with E-state index in [1.807, 2.05) is 0 Å². The molecule has 0 saturated carbocycles. The van der Waals surface area contributed by atoms with Crippen LogP contribution in [0.3, 0.4) is 0 Å². The Hall–Kier alpha value is -1.03. The van der Waals surface area contributed by atoms with E-state index in [2.05, 4.69) is 0 Å². The summed E-state index contributed by atoms with van der Waals surface area (Å²) in [5.41, 5.74) is 0. The van der Waals surface area contributed by atoms with Gasteiger partial charge in [-0.1, -0.05) is 0 Å². The highest BCUT2D eigenvalue weighted by Crippen LogP contribution is 2.50. The summed E-state index contributed by atoms with van der Waals surface area (Å²) in [5.74, 6) is -17.5. The maximum atomic E-state index is 12.2. The predicted molar refractivity (Wildman–Crippen MR) is 31.2 cm³/mol. The van der Waals surface area contributed by atoms with Crippen molar-refractivity contribution in [2.24, 2.45) is 0 Å². The number of hydrogen-bond donors (Lipinski definition) is 0. The standard InChI is InChI=1S/C6HF11/c7-2(1-3(8,9)10)4(11,12)5(13,14)6(15,16)17/h1H. The number of allylic oxidation sites excluding steroid dienone is 2. The second-order valence-electron chi connectivity index (χ2n) is 2.68. The maximum Gasteiger partial charge on any atom is 0.460 e. The van der Waals surface area contributed by atoms with E-state index < -0.39 is 36.1 Å². The number of hydrogen-bond acceptors (Lipinski definition) is 0. The molecule has 0 saturated heterocycles. The van der Waals surface area contributed by atoms with Crippen LogP contribution in [-0.4, -0.2) is 24.2 Å². The van der Waals surface area contributed by atoms with Crippen LogP contribution in [0.4, 0.5) is 48.3 Å². The third-order valence-corrected chi connectivity index (χ3v) is 1.34. The lowest BCUT2D eigenvalue weighted by atomic mass is 10.1. The molecule has 0 atom stereocenters. The smallest absolute Gasteiger partial charge is 0.205 e. The second kappa shape index (κ2) is 4.02. The van der Waals surface area contributed by atoms with E-state index in [0.29, 0.717) is 0 Å². The summed E-state index contributed by atoms with van der Waals surface area (Å²) in [4.78, 5) is 0. The highest BCUT2D eigenvalue weighted by atomic mass is 19.4. The molecule has 0 aromatic heterocycles. The summed E-state index contributed by atoms with van der Waals surface area (Å²) in [5, 5.41) is 0. The van der Waals surface area contributed by atoms with Crippen LogP contribution in [0.2, 0.25) is 0 Å². The lowest BCUT2D eigenvalue weighted by Gasteiger charge is -2.26. The van der Waals surface area contributed by atoms with E-state index in [4.69, 9.17) is 0 Å². The van der Waals surface area contributed by atoms with E-state index in [1.54, 1.807) is 0 Å². The maximum absolute atomic E-state index is 12.2. The quantitative estimate of drug-likeness (QED) is 0.665. The van der Waals surface area contributed by atoms with Gasteiger partial charge in [0.15, 0.2) is 5.83 Å². The molecule has 0 aliphatic heterocycles. The number of halogens is 11. The molecule has 0 nitrogen and oxygen atoms in total. The highest BCUT2D eigenvalue weighted by molar-refractivity contribution is 5.14. The molecular formula is C6HF11. The molecule has 0 N–H and O–H groups in total. The fraction of sp³-hybridized carbons (Fsp3) is 0.667. The van der Waals surface area contributed by atoms with Gasteiger partial charge in [0.1, 0.15) is 0 Å². The first kappa shape index (κ1) is 16.0. The molecule has 11 heteroatoms. The highest BCUT2D eigenvalue weighted by Gasteiger charge is 2.75. The van der Waals surface area contributed by atoms with E-state index in [0.717, 1.165) is 0 Å². The van der Waals surface area contributed by atoms with Gasteiger partial charge in [0.2, 0.25) is 0 Å². The molecule has 0 amide bonds. The Morgan fingerprint density at radius 3 is 1.29 bits per heavy atom. The van der Waals surface area contributed by atoms with Crippen molar-refractivity contribution in [3.05, 3.63) is 11.9 Å². The van der Waals surface area contributed by atoms with Gasteiger partial charge in [0.25, 0.3) is 0 Å². The normalized spacial score (nSPS) is 16.3. The molecule has 0 heterocycles. The van der Waals surface area contributed by atoms with Gasteiger partial charge in [-0.05, 0) is 0 Å². The molecule has 0 aromatic rings. The largest absolute Gasteiger partial charge is 0.460 e. The Kier molecular flexibility index (Phi) is 3.77. The van der Waals surface area contributed by atoms with Gasteiger partial charge in [-0.3, -0.25) is 0 Å². The number of rotatable bonds is 2. The monoisotopic (exact) mass is 282 g/mol. The van der Waals surface area contributed by atoms with Gasteiger partial charge in [0, 0.05) is 0 Å². The average molecular weight is 282 g/mol. The zero-order valence-corrected chi connectivity index (χ0v) is 7.23.